The quantitative estimate of drug-likeness (QED) is 0.204. The molecular formula is C42H46N6O3. The molecule has 2 aromatic heterocycles. The number of fused-ring (bicyclic) bond motifs is 6. The Balaban J connectivity index is 1.06. The maximum absolute atomic E-state index is 14.5. The van der Waals surface area contributed by atoms with Gasteiger partial charge >= 0.3 is 0 Å². The molecule has 2 saturated heterocycles. The monoisotopic (exact) mass is 682 g/mol. The molecule has 5 aromatic rings. The predicted octanol–water partition coefficient (Wildman–Crippen LogP) is 6.88. The van der Waals surface area contributed by atoms with Crippen molar-refractivity contribution in [3.8, 4) is 11.3 Å². The smallest absolute Gasteiger partial charge is 0.251 e. The number of amides is 2. The minimum absolute atomic E-state index is 0.124. The number of hydrogen-bond acceptors (Lipinski definition) is 5. The van der Waals surface area contributed by atoms with Gasteiger partial charge in [0.1, 0.15) is 5.82 Å². The lowest BCUT2D eigenvalue weighted by atomic mass is 9.81. The number of para-hydroxylation sites is 2. The zero-order valence-corrected chi connectivity index (χ0v) is 29.2. The van der Waals surface area contributed by atoms with E-state index in [4.69, 9.17) is 4.74 Å². The number of H-pyrrole nitrogens is 1. The highest BCUT2D eigenvalue weighted by Crippen LogP contribution is 2.46. The van der Waals surface area contributed by atoms with Crippen LogP contribution >= 0.6 is 0 Å². The summed E-state index contributed by atoms with van der Waals surface area (Å²) >= 11 is 0. The fourth-order valence-corrected chi connectivity index (χ4v) is 9.08. The second-order valence-corrected chi connectivity index (χ2v) is 14.7. The van der Waals surface area contributed by atoms with Crippen molar-refractivity contribution < 1.29 is 14.3 Å². The maximum Gasteiger partial charge on any atom is 0.251 e. The van der Waals surface area contributed by atoms with Crippen LogP contribution in [0, 0.1) is 0 Å². The Morgan fingerprint density at radius 1 is 0.882 bits per heavy atom. The summed E-state index contributed by atoms with van der Waals surface area (Å²) in [6.07, 6.45) is 10.2. The molecule has 5 heterocycles. The van der Waals surface area contributed by atoms with Crippen molar-refractivity contribution >= 4 is 39.8 Å². The van der Waals surface area contributed by atoms with Crippen LogP contribution in [0.2, 0.25) is 0 Å². The summed E-state index contributed by atoms with van der Waals surface area (Å²) in [7, 11) is 0. The summed E-state index contributed by atoms with van der Waals surface area (Å²) in [6, 6.07) is 23.1. The number of aromatic amines is 1. The first-order chi connectivity index (χ1) is 25.1. The van der Waals surface area contributed by atoms with Crippen LogP contribution in [0.15, 0.2) is 72.3 Å². The van der Waals surface area contributed by atoms with Crippen LogP contribution in [0.3, 0.4) is 0 Å². The molecule has 2 N–H and O–H groups in total. The summed E-state index contributed by atoms with van der Waals surface area (Å²) in [4.78, 5) is 40.7. The second-order valence-electron chi connectivity index (χ2n) is 14.7. The zero-order valence-electron chi connectivity index (χ0n) is 29.2. The van der Waals surface area contributed by atoms with E-state index in [0.717, 1.165) is 98.6 Å². The van der Waals surface area contributed by atoms with Gasteiger partial charge in [-0.25, -0.2) is 4.98 Å². The molecule has 0 radical (unpaired) electrons. The fourth-order valence-electron chi connectivity index (χ4n) is 9.08. The molecule has 0 spiro atoms. The van der Waals surface area contributed by atoms with Gasteiger partial charge in [-0.2, -0.15) is 0 Å². The molecule has 9 rings (SSSR count). The van der Waals surface area contributed by atoms with E-state index in [2.05, 4.69) is 66.1 Å². The number of benzene rings is 3. The summed E-state index contributed by atoms with van der Waals surface area (Å²) < 4.78 is 7.94. The van der Waals surface area contributed by atoms with E-state index in [1.54, 1.807) is 0 Å². The van der Waals surface area contributed by atoms with Gasteiger partial charge in [-0.05, 0) is 73.1 Å². The van der Waals surface area contributed by atoms with Gasteiger partial charge in [0.2, 0.25) is 0 Å². The molecule has 4 aliphatic rings. The van der Waals surface area contributed by atoms with Gasteiger partial charge in [0.25, 0.3) is 11.8 Å². The molecule has 0 atom stereocenters. The average molecular weight is 683 g/mol. The number of likely N-dealkylation sites (tertiary alicyclic amines) is 1. The molecular weight excluding hydrogens is 637 g/mol. The van der Waals surface area contributed by atoms with Gasteiger partial charge in [0, 0.05) is 59.8 Å². The average Bonchev–Trinajstić information content (AvgIpc) is 3.70. The van der Waals surface area contributed by atoms with E-state index in [1.165, 1.54) is 41.5 Å². The fraction of sp³-hybridized carbons (Fsp3) is 0.405. The number of morpholine rings is 1. The molecule has 1 saturated carbocycles. The summed E-state index contributed by atoms with van der Waals surface area (Å²) in [5, 5.41) is 4.29. The van der Waals surface area contributed by atoms with Crippen molar-refractivity contribution in [2.75, 3.05) is 39.4 Å². The van der Waals surface area contributed by atoms with Gasteiger partial charge in [0.05, 0.1) is 43.0 Å². The Morgan fingerprint density at radius 3 is 2.49 bits per heavy atom. The third kappa shape index (κ3) is 6.16. The number of aromatic nitrogens is 3. The maximum atomic E-state index is 14.5. The summed E-state index contributed by atoms with van der Waals surface area (Å²) in [5.41, 5.74) is 9.10. The van der Waals surface area contributed by atoms with Crippen molar-refractivity contribution in [1.82, 2.24) is 29.7 Å². The van der Waals surface area contributed by atoms with E-state index in [0.29, 0.717) is 30.6 Å². The molecule has 3 fully saturated rings. The van der Waals surface area contributed by atoms with Gasteiger partial charge in [-0.3, -0.25) is 14.5 Å². The largest absolute Gasteiger partial charge is 0.379 e. The number of rotatable bonds is 6. The van der Waals surface area contributed by atoms with Crippen LogP contribution in [-0.2, 0) is 22.6 Å². The van der Waals surface area contributed by atoms with Crippen molar-refractivity contribution in [3.63, 3.8) is 0 Å². The Hall–Kier alpha value is -4.73. The number of piperidine rings is 1. The van der Waals surface area contributed by atoms with Gasteiger partial charge < -0.3 is 24.5 Å². The number of imidazole rings is 1. The molecule has 0 bridgehead atoms. The van der Waals surface area contributed by atoms with Gasteiger partial charge in [-0.15, -0.1) is 0 Å². The number of nitrogens with zero attached hydrogens (tertiary/aromatic N) is 4. The van der Waals surface area contributed by atoms with E-state index in [9.17, 15) is 9.59 Å². The highest BCUT2D eigenvalue weighted by Gasteiger charge is 2.33. The normalized spacial score (nSPS) is 19.1. The van der Waals surface area contributed by atoms with Crippen LogP contribution < -0.4 is 5.32 Å². The molecule has 0 unspecified atom stereocenters. The Labute approximate surface area is 298 Å². The third-order valence-electron chi connectivity index (χ3n) is 11.7. The summed E-state index contributed by atoms with van der Waals surface area (Å²) in [5.74, 6) is 1.14. The van der Waals surface area contributed by atoms with Crippen molar-refractivity contribution in [1.29, 1.82) is 0 Å². The Bertz CT molecular complexity index is 2090. The molecule has 9 heteroatoms. The van der Waals surface area contributed by atoms with Crippen molar-refractivity contribution in [2.24, 2.45) is 0 Å². The number of carbonyl (C=O) groups is 2. The lowest BCUT2D eigenvalue weighted by molar-refractivity contribution is -0.129. The highest BCUT2D eigenvalue weighted by molar-refractivity contribution is 6.04. The number of hydrogen-bond donors (Lipinski definition) is 2. The van der Waals surface area contributed by atoms with Crippen LogP contribution in [-0.4, -0.2) is 81.6 Å². The standard InChI is InChI=1S/C42H46N6O3/c49-41(43-26-38-44-35-12-6-7-13-36(35)45-38)30-14-15-34-37(25-30)48-27-31(42(50)47-18-16-32(17-19-47)46-20-22-51-23-21-46)24-29-10-4-5-11-33(29)40(48)39(34)28-8-2-1-3-9-28/h4-7,10-15,24-25,28,32H,1-3,8-9,16-23,26-27H2,(H,43,49)(H,44,45). The first-order valence-corrected chi connectivity index (χ1v) is 18.9. The predicted molar refractivity (Wildman–Crippen MR) is 200 cm³/mol. The van der Waals surface area contributed by atoms with Gasteiger partial charge in [0.15, 0.2) is 0 Å². The molecule has 51 heavy (non-hydrogen) atoms. The van der Waals surface area contributed by atoms with Gasteiger partial charge in [-0.1, -0.05) is 61.7 Å². The molecule has 3 aliphatic heterocycles. The second kappa shape index (κ2) is 13.8. The topological polar surface area (TPSA) is 95.5 Å². The Kier molecular flexibility index (Phi) is 8.69. The lowest BCUT2D eigenvalue weighted by Gasteiger charge is -2.40. The number of carbonyl (C=O) groups excluding carboxylic acids is 2. The van der Waals surface area contributed by atoms with E-state index in [1.807, 2.05) is 36.4 Å². The first kappa shape index (κ1) is 32.2. The van der Waals surface area contributed by atoms with Crippen molar-refractivity contribution in [2.45, 2.75) is 70.0 Å². The molecule has 262 valence electrons. The highest BCUT2D eigenvalue weighted by atomic mass is 16.5. The van der Waals surface area contributed by atoms with Crippen LogP contribution in [0.25, 0.3) is 39.3 Å². The minimum Gasteiger partial charge on any atom is -0.379 e. The van der Waals surface area contributed by atoms with Crippen LogP contribution in [0.1, 0.15) is 78.2 Å². The molecule has 2 amide bonds. The van der Waals surface area contributed by atoms with E-state index in [-0.39, 0.29) is 11.8 Å². The SMILES string of the molecule is O=C(NCc1nc2ccccc2[nH]1)c1ccc2c(C3CCCCC3)c3n(c2c1)CC(C(=O)N1CCC(N2CCOCC2)CC1)=Cc1ccccc1-3. The van der Waals surface area contributed by atoms with Crippen LogP contribution in [0.4, 0.5) is 0 Å². The van der Waals surface area contributed by atoms with E-state index >= 15 is 0 Å². The minimum atomic E-state index is -0.142. The zero-order chi connectivity index (χ0) is 34.3. The third-order valence-corrected chi connectivity index (χ3v) is 11.7. The molecule has 9 nitrogen and oxygen atoms in total. The lowest BCUT2D eigenvalue weighted by Crippen LogP contribution is -2.50. The number of ether oxygens (including phenoxy) is 1. The summed E-state index contributed by atoms with van der Waals surface area (Å²) in [6.45, 7) is 5.87. The Morgan fingerprint density at radius 2 is 1.67 bits per heavy atom. The van der Waals surface area contributed by atoms with E-state index < -0.39 is 0 Å². The number of nitrogens with one attached hydrogen (secondary N) is 2. The first-order valence-electron chi connectivity index (χ1n) is 18.9. The van der Waals surface area contributed by atoms with Crippen molar-refractivity contribution in [3.05, 3.63) is 94.8 Å². The molecule has 1 aliphatic carbocycles. The van der Waals surface area contributed by atoms with Crippen LogP contribution in [0.5, 0.6) is 0 Å². The molecule has 3 aromatic carbocycles.